The highest BCUT2D eigenvalue weighted by atomic mass is 15.1. The highest BCUT2D eigenvalue weighted by Gasteiger charge is 2.21. The number of pyridine rings is 1. The SMILES string of the molecule is NCc1cccc(C2CCN(c3cccc(CCc4ccc(N)nc4)c3)CC2)c1. The van der Waals surface area contributed by atoms with Crippen molar-refractivity contribution in [2.45, 2.75) is 38.1 Å². The molecule has 0 amide bonds. The molecule has 1 fully saturated rings. The van der Waals surface area contributed by atoms with Crippen molar-refractivity contribution in [1.82, 2.24) is 4.98 Å². The molecular formula is C25H30N4. The van der Waals surface area contributed by atoms with Gasteiger partial charge in [0.1, 0.15) is 5.82 Å². The first kappa shape index (κ1) is 19.5. The minimum absolute atomic E-state index is 0.578. The third-order valence-electron chi connectivity index (χ3n) is 5.98. The van der Waals surface area contributed by atoms with Gasteiger partial charge in [0.15, 0.2) is 0 Å². The lowest BCUT2D eigenvalue weighted by Gasteiger charge is -2.34. The van der Waals surface area contributed by atoms with Crippen LogP contribution in [0, 0.1) is 0 Å². The average molecular weight is 387 g/mol. The van der Waals surface area contributed by atoms with Gasteiger partial charge in [-0.15, -0.1) is 0 Å². The van der Waals surface area contributed by atoms with Crippen molar-refractivity contribution in [3.8, 4) is 0 Å². The molecule has 0 unspecified atom stereocenters. The Balaban J connectivity index is 1.36. The minimum Gasteiger partial charge on any atom is -0.384 e. The van der Waals surface area contributed by atoms with Gasteiger partial charge in [-0.2, -0.15) is 0 Å². The van der Waals surface area contributed by atoms with E-state index in [1.165, 1.54) is 40.8 Å². The van der Waals surface area contributed by atoms with Crippen LogP contribution in [0.3, 0.4) is 0 Å². The number of hydrogen-bond acceptors (Lipinski definition) is 4. The first-order valence-electron chi connectivity index (χ1n) is 10.5. The smallest absolute Gasteiger partial charge is 0.123 e. The van der Waals surface area contributed by atoms with Gasteiger partial charge in [-0.25, -0.2) is 4.98 Å². The van der Waals surface area contributed by atoms with Crippen molar-refractivity contribution in [3.63, 3.8) is 0 Å². The fraction of sp³-hybridized carbons (Fsp3) is 0.320. The number of benzene rings is 2. The Hall–Kier alpha value is -2.85. The molecular weight excluding hydrogens is 356 g/mol. The fourth-order valence-electron chi connectivity index (χ4n) is 4.23. The number of anilines is 2. The number of nitrogens with zero attached hydrogens (tertiary/aromatic N) is 2. The quantitative estimate of drug-likeness (QED) is 0.663. The molecule has 0 bridgehead atoms. The van der Waals surface area contributed by atoms with Gasteiger partial charge in [-0.05, 0) is 72.1 Å². The zero-order valence-corrected chi connectivity index (χ0v) is 16.9. The monoisotopic (exact) mass is 386 g/mol. The van der Waals surface area contributed by atoms with Crippen LogP contribution in [0.15, 0.2) is 66.9 Å². The van der Waals surface area contributed by atoms with E-state index in [1.54, 1.807) is 0 Å². The molecule has 0 saturated carbocycles. The van der Waals surface area contributed by atoms with Crippen molar-refractivity contribution in [3.05, 3.63) is 89.1 Å². The number of piperidine rings is 1. The first-order chi connectivity index (χ1) is 14.2. The number of rotatable bonds is 6. The minimum atomic E-state index is 0.578. The standard InChI is InChI=1S/C25H30N4/c26-17-21-4-1-5-23(15-21)22-11-13-29(14-12-22)24-6-2-3-19(16-24)7-8-20-9-10-25(27)28-18-20/h1-6,9-10,15-16,18,22H,7-8,11-14,17,26H2,(H2,27,28). The van der Waals surface area contributed by atoms with Crippen LogP contribution in [-0.4, -0.2) is 18.1 Å². The van der Waals surface area contributed by atoms with E-state index in [4.69, 9.17) is 11.5 Å². The molecule has 4 N–H and O–H groups in total. The van der Waals surface area contributed by atoms with Gasteiger partial charge in [0.25, 0.3) is 0 Å². The number of aryl methyl sites for hydroxylation is 2. The van der Waals surface area contributed by atoms with Crippen LogP contribution in [0.4, 0.5) is 11.5 Å². The molecule has 4 heteroatoms. The molecule has 150 valence electrons. The van der Waals surface area contributed by atoms with E-state index in [2.05, 4.69) is 64.5 Å². The molecule has 0 aliphatic carbocycles. The average Bonchev–Trinajstić information content (AvgIpc) is 2.79. The molecule has 1 aliphatic heterocycles. The lowest BCUT2D eigenvalue weighted by molar-refractivity contribution is 0.505. The molecule has 2 aromatic carbocycles. The zero-order valence-electron chi connectivity index (χ0n) is 16.9. The molecule has 29 heavy (non-hydrogen) atoms. The van der Waals surface area contributed by atoms with E-state index >= 15 is 0 Å². The molecule has 4 rings (SSSR count). The van der Waals surface area contributed by atoms with Crippen LogP contribution in [0.1, 0.15) is 41.0 Å². The molecule has 4 nitrogen and oxygen atoms in total. The summed E-state index contributed by atoms with van der Waals surface area (Å²) in [5, 5.41) is 0. The molecule has 0 radical (unpaired) electrons. The molecule has 2 heterocycles. The van der Waals surface area contributed by atoms with Crippen LogP contribution in [0.5, 0.6) is 0 Å². The van der Waals surface area contributed by atoms with Gasteiger partial charge in [-0.3, -0.25) is 0 Å². The van der Waals surface area contributed by atoms with Gasteiger partial charge >= 0.3 is 0 Å². The Morgan fingerprint density at radius 1 is 0.862 bits per heavy atom. The highest BCUT2D eigenvalue weighted by Crippen LogP contribution is 2.31. The topological polar surface area (TPSA) is 68.2 Å². The Morgan fingerprint density at radius 2 is 1.62 bits per heavy atom. The van der Waals surface area contributed by atoms with Crippen LogP contribution in [0.2, 0.25) is 0 Å². The van der Waals surface area contributed by atoms with Crippen LogP contribution >= 0.6 is 0 Å². The van der Waals surface area contributed by atoms with Crippen LogP contribution in [0.25, 0.3) is 0 Å². The predicted octanol–water partition coefficient (Wildman–Crippen LogP) is 4.29. The maximum absolute atomic E-state index is 5.81. The largest absolute Gasteiger partial charge is 0.384 e. The van der Waals surface area contributed by atoms with Gasteiger partial charge in [0.05, 0.1) is 0 Å². The normalized spacial score (nSPS) is 14.9. The van der Waals surface area contributed by atoms with Crippen molar-refractivity contribution >= 4 is 11.5 Å². The van der Waals surface area contributed by atoms with E-state index in [9.17, 15) is 0 Å². The second-order valence-electron chi connectivity index (χ2n) is 7.97. The van der Waals surface area contributed by atoms with Crippen LogP contribution < -0.4 is 16.4 Å². The van der Waals surface area contributed by atoms with Gasteiger partial charge in [0.2, 0.25) is 0 Å². The van der Waals surface area contributed by atoms with E-state index in [0.29, 0.717) is 18.3 Å². The number of hydrogen-bond donors (Lipinski definition) is 2. The summed E-state index contributed by atoms with van der Waals surface area (Å²) in [5.74, 6) is 1.22. The Labute approximate surface area is 173 Å². The summed E-state index contributed by atoms with van der Waals surface area (Å²) in [4.78, 5) is 6.71. The maximum Gasteiger partial charge on any atom is 0.123 e. The number of nitrogens with two attached hydrogens (primary N) is 2. The second-order valence-corrected chi connectivity index (χ2v) is 7.97. The molecule has 0 spiro atoms. The van der Waals surface area contributed by atoms with Crippen molar-refractivity contribution in [2.24, 2.45) is 5.73 Å². The summed E-state index contributed by atoms with van der Waals surface area (Å²) < 4.78 is 0. The Bertz CT molecular complexity index is 928. The molecule has 1 aromatic heterocycles. The van der Waals surface area contributed by atoms with Crippen molar-refractivity contribution in [2.75, 3.05) is 23.7 Å². The third kappa shape index (κ3) is 4.96. The van der Waals surface area contributed by atoms with E-state index < -0.39 is 0 Å². The van der Waals surface area contributed by atoms with E-state index in [0.717, 1.165) is 25.9 Å². The molecule has 3 aromatic rings. The van der Waals surface area contributed by atoms with Crippen LogP contribution in [-0.2, 0) is 19.4 Å². The molecule has 1 saturated heterocycles. The fourth-order valence-corrected chi connectivity index (χ4v) is 4.23. The summed E-state index contributed by atoms with van der Waals surface area (Å²) in [6.07, 6.45) is 6.26. The third-order valence-corrected chi connectivity index (χ3v) is 5.98. The maximum atomic E-state index is 5.81. The Kier molecular flexibility index (Phi) is 6.11. The summed E-state index contributed by atoms with van der Waals surface area (Å²) in [6, 6.07) is 21.7. The number of aromatic nitrogens is 1. The zero-order chi connectivity index (χ0) is 20.1. The predicted molar refractivity (Wildman–Crippen MR) is 121 cm³/mol. The Morgan fingerprint density at radius 3 is 2.38 bits per heavy atom. The lowest BCUT2D eigenvalue weighted by atomic mass is 9.88. The van der Waals surface area contributed by atoms with Gasteiger partial charge < -0.3 is 16.4 Å². The number of nitrogen functional groups attached to an aromatic ring is 1. The molecule has 1 aliphatic rings. The highest BCUT2D eigenvalue weighted by molar-refractivity contribution is 5.49. The lowest BCUT2D eigenvalue weighted by Crippen LogP contribution is -2.32. The van der Waals surface area contributed by atoms with Gasteiger partial charge in [0, 0.05) is 31.5 Å². The van der Waals surface area contributed by atoms with E-state index in [1.807, 2.05) is 12.3 Å². The first-order valence-corrected chi connectivity index (χ1v) is 10.5. The van der Waals surface area contributed by atoms with Crippen molar-refractivity contribution < 1.29 is 0 Å². The second kappa shape index (κ2) is 9.10. The summed E-state index contributed by atoms with van der Waals surface area (Å²) in [6.45, 7) is 2.82. The van der Waals surface area contributed by atoms with Gasteiger partial charge in [-0.1, -0.05) is 42.5 Å². The van der Waals surface area contributed by atoms with Crippen molar-refractivity contribution in [1.29, 1.82) is 0 Å². The summed E-state index contributed by atoms with van der Waals surface area (Å²) in [7, 11) is 0. The summed E-state index contributed by atoms with van der Waals surface area (Å²) in [5.41, 5.74) is 18.1. The van der Waals surface area contributed by atoms with E-state index in [-0.39, 0.29) is 0 Å². The summed E-state index contributed by atoms with van der Waals surface area (Å²) >= 11 is 0. The molecule has 0 atom stereocenters.